The Labute approximate surface area is 93.1 Å². The molecule has 0 saturated carbocycles. The van der Waals surface area contributed by atoms with Crippen LogP contribution in [0.1, 0.15) is 33.6 Å². The average molecular weight is 212 g/mol. The van der Waals surface area contributed by atoms with E-state index >= 15 is 0 Å². The van der Waals surface area contributed by atoms with Gasteiger partial charge < -0.3 is 5.11 Å². The third-order valence-electron chi connectivity index (χ3n) is 3.82. The Balaban J connectivity index is 1.77. The number of aliphatic hydroxyl groups excluding tert-OH is 1. The lowest BCUT2D eigenvalue weighted by atomic mass is 9.95. The van der Waals surface area contributed by atoms with E-state index in [0.717, 1.165) is 19.1 Å². The largest absolute Gasteiger partial charge is 0.390 e. The number of piperidine rings is 1. The zero-order chi connectivity index (χ0) is 11.1. The normalized spacial score (nSPS) is 28.0. The van der Waals surface area contributed by atoms with Crippen LogP contribution >= 0.6 is 0 Å². The third-order valence-corrected chi connectivity index (χ3v) is 3.82. The molecule has 0 amide bonds. The van der Waals surface area contributed by atoms with E-state index in [1.165, 1.54) is 25.9 Å². The number of β-amino-alcohol motifs (C(OH)–C–C–N with tert-alkyl or cyclic N) is 1. The number of nitrogens with zero attached hydrogens (tertiary/aromatic N) is 2. The predicted octanol–water partition coefficient (Wildman–Crippen LogP) is 0.926. The molecule has 2 aliphatic rings. The van der Waals surface area contributed by atoms with Gasteiger partial charge in [0.15, 0.2) is 0 Å². The number of rotatable bonds is 1. The maximum Gasteiger partial charge on any atom is 0.0794 e. The van der Waals surface area contributed by atoms with E-state index in [1.54, 1.807) is 0 Å². The smallest absolute Gasteiger partial charge is 0.0794 e. The molecule has 0 bridgehead atoms. The summed E-state index contributed by atoms with van der Waals surface area (Å²) in [4.78, 5) is 5.00. The Morgan fingerprint density at radius 1 is 1.07 bits per heavy atom. The quantitative estimate of drug-likeness (QED) is 0.700. The van der Waals surface area contributed by atoms with Crippen LogP contribution in [0.5, 0.6) is 0 Å². The molecule has 2 aliphatic heterocycles. The second-order valence-corrected chi connectivity index (χ2v) is 6.00. The second-order valence-electron chi connectivity index (χ2n) is 6.00. The Hall–Kier alpha value is -0.120. The average Bonchev–Trinajstić information content (AvgIpc) is 2.12. The molecule has 0 aromatic rings. The maximum atomic E-state index is 9.28. The van der Waals surface area contributed by atoms with E-state index in [2.05, 4.69) is 30.6 Å². The van der Waals surface area contributed by atoms with Crippen molar-refractivity contribution in [2.75, 3.05) is 26.2 Å². The highest BCUT2D eigenvalue weighted by atomic mass is 16.3. The van der Waals surface area contributed by atoms with E-state index < -0.39 is 0 Å². The number of hydrogen-bond donors (Lipinski definition) is 1. The SMILES string of the molecule is CC(C)(C)N1CCC(N2CC(O)C2)CC1. The Bertz CT molecular complexity index is 210. The molecule has 2 saturated heterocycles. The van der Waals surface area contributed by atoms with E-state index in [1.807, 2.05) is 0 Å². The fraction of sp³-hybridized carbons (Fsp3) is 1.00. The summed E-state index contributed by atoms with van der Waals surface area (Å²) >= 11 is 0. The standard InChI is InChI=1S/C12H24N2O/c1-12(2,3)14-6-4-10(5-7-14)13-8-11(15)9-13/h10-11,15H,4-9H2,1-3H3. The van der Waals surface area contributed by atoms with Crippen LogP contribution in [0.3, 0.4) is 0 Å². The third kappa shape index (κ3) is 2.52. The van der Waals surface area contributed by atoms with Gasteiger partial charge in [-0.05, 0) is 33.6 Å². The van der Waals surface area contributed by atoms with Crippen molar-refractivity contribution in [3.05, 3.63) is 0 Å². The minimum atomic E-state index is -0.0503. The zero-order valence-corrected chi connectivity index (χ0v) is 10.2. The van der Waals surface area contributed by atoms with Crippen LogP contribution in [0.4, 0.5) is 0 Å². The van der Waals surface area contributed by atoms with Crippen molar-refractivity contribution in [3.8, 4) is 0 Å². The topological polar surface area (TPSA) is 26.7 Å². The van der Waals surface area contributed by atoms with Crippen LogP contribution in [-0.2, 0) is 0 Å². The van der Waals surface area contributed by atoms with Crippen molar-refractivity contribution in [2.24, 2.45) is 0 Å². The molecule has 3 nitrogen and oxygen atoms in total. The minimum Gasteiger partial charge on any atom is -0.390 e. The molecule has 2 heterocycles. The molecule has 0 unspecified atom stereocenters. The van der Waals surface area contributed by atoms with Crippen molar-refractivity contribution in [2.45, 2.75) is 51.3 Å². The summed E-state index contributed by atoms with van der Waals surface area (Å²) in [7, 11) is 0. The van der Waals surface area contributed by atoms with Crippen LogP contribution < -0.4 is 0 Å². The van der Waals surface area contributed by atoms with E-state index in [-0.39, 0.29) is 6.10 Å². The van der Waals surface area contributed by atoms with Crippen molar-refractivity contribution >= 4 is 0 Å². The van der Waals surface area contributed by atoms with Gasteiger partial charge in [-0.1, -0.05) is 0 Å². The molecule has 1 N–H and O–H groups in total. The molecule has 88 valence electrons. The first-order valence-electron chi connectivity index (χ1n) is 6.14. The zero-order valence-electron chi connectivity index (χ0n) is 10.2. The lowest BCUT2D eigenvalue weighted by Gasteiger charge is -2.47. The van der Waals surface area contributed by atoms with Crippen molar-refractivity contribution in [1.82, 2.24) is 9.80 Å². The summed E-state index contributed by atoms with van der Waals surface area (Å²) in [6.45, 7) is 11.1. The summed E-state index contributed by atoms with van der Waals surface area (Å²) in [5.41, 5.74) is 0.319. The van der Waals surface area contributed by atoms with Gasteiger partial charge in [-0.2, -0.15) is 0 Å². The first kappa shape index (κ1) is 11.4. The van der Waals surface area contributed by atoms with Gasteiger partial charge in [0.25, 0.3) is 0 Å². The highest BCUT2D eigenvalue weighted by Gasteiger charge is 2.34. The van der Waals surface area contributed by atoms with Gasteiger partial charge in [0, 0.05) is 37.8 Å². The first-order chi connectivity index (χ1) is 6.97. The molecule has 0 aliphatic carbocycles. The Morgan fingerprint density at radius 3 is 2.00 bits per heavy atom. The maximum absolute atomic E-state index is 9.28. The molecule has 0 atom stereocenters. The second kappa shape index (κ2) is 4.04. The Kier molecular flexibility index (Phi) is 3.06. The highest BCUT2D eigenvalue weighted by molar-refractivity contribution is 4.90. The molecule has 0 radical (unpaired) electrons. The summed E-state index contributed by atoms with van der Waals surface area (Å²) in [5, 5.41) is 9.28. The Morgan fingerprint density at radius 2 is 1.60 bits per heavy atom. The van der Waals surface area contributed by atoms with Gasteiger partial charge in [-0.15, -0.1) is 0 Å². The molecule has 2 fully saturated rings. The molecular weight excluding hydrogens is 188 g/mol. The number of aliphatic hydroxyl groups is 1. The molecule has 0 aromatic carbocycles. The van der Waals surface area contributed by atoms with Gasteiger partial charge in [-0.25, -0.2) is 0 Å². The monoisotopic (exact) mass is 212 g/mol. The summed E-state index contributed by atoms with van der Waals surface area (Å²) in [5.74, 6) is 0. The van der Waals surface area contributed by atoms with Crippen molar-refractivity contribution in [1.29, 1.82) is 0 Å². The van der Waals surface area contributed by atoms with Crippen LogP contribution in [0.15, 0.2) is 0 Å². The fourth-order valence-corrected chi connectivity index (χ4v) is 2.69. The predicted molar refractivity (Wildman–Crippen MR) is 61.9 cm³/mol. The molecule has 0 spiro atoms. The van der Waals surface area contributed by atoms with Gasteiger partial charge in [0.2, 0.25) is 0 Å². The molecule has 0 aromatic heterocycles. The lowest BCUT2D eigenvalue weighted by molar-refractivity contribution is -0.0465. The van der Waals surface area contributed by atoms with Gasteiger partial charge >= 0.3 is 0 Å². The van der Waals surface area contributed by atoms with Crippen LogP contribution in [-0.4, -0.2) is 58.8 Å². The first-order valence-corrected chi connectivity index (χ1v) is 6.14. The lowest BCUT2D eigenvalue weighted by Crippen LogP contribution is -2.59. The van der Waals surface area contributed by atoms with E-state index in [4.69, 9.17) is 0 Å². The highest BCUT2D eigenvalue weighted by Crippen LogP contribution is 2.25. The van der Waals surface area contributed by atoms with Crippen molar-refractivity contribution < 1.29 is 5.11 Å². The van der Waals surface area contributed by atoms with Crippen LogP contribution in [0.25, 0.3) is 0 Å². The van der Waals surface area contributed by atoms with Crippen molar-refractivity contribution in [3.63, 3.8) is 0 Å². The molecule has 2 rings (SSSR count). The number of likely N-dealkylation sites (tertiary alicyclic amines) is 2. The van der Waals surface area contributed by atoms with Gasteiger partial charge in [0.1, 0.15) is 0 Å². The molecule has 3 heteroatoms. The van der Waals surface area contributed by atoms with Crippen LogP contribution in [0, 0.1) is 0 Å². The number of hydrogen-bond acceptors (Lipinski definition) is 3. The molecule has 15 heavy (non-hydrogen) atoms. The van der Waals surface area contributed by atoms with Crippen LogP contribution in [0.2, 0.25) is 0 Å². The van der Waals surface area contributed by atoms with E-state index in [9.17, 15) is 5.11 Å². The van der Waals surface area contributed by atoms with Gasteiger partial charge in [-0.3, -0.25) is 9.80 Å². The summed E-state index contributed by atoms with van der Waals surface area (Å²) < 4.78 is 0. The summed E-state index contributed by atoms with van der Waals surface area (Å²) in [6.07, 6.45) is 2.49. The fourth-order valence-electron chi connectivity index (χ4n) is 2.69. The van der Waals surface area contributed by atoms with E-state index in [0.29, 0.717) is 5.54 Å². The molecular formula is C12H24N2O. The van der Waals surface area contributed by atoms with Gasteiger partial charge in [0.05, 0.1) is 6.10 Å². The summed E-state index contributed by atoms with van der Waals surface area (Å²) in [6, 6.07) is 0.729. The minimum absolute atomic E-state index is 0.0503.